The van der Waals surface area contributed by atoms with Crippen LogP contribution in [-0.2, 0) is 4.43 Å². The molecule has 0 aliphatic carbocycles. The van der Waals surface area contributed by atoms with E-state index in [0.29, 0.717) is 6.42 Å². The van der Waals surface area contributed by atoms with Crippen LogP contribution in [0.4, 0.5) is 0 Å². The van der Waals surface area contributed by atoms with Gasteiger partial charge in [0.2, 0.25) is 0 Å². The third-order valence-corrected chi connectivity index (χ3v) is 8.18. The Morgan fingerprint density at radius 1 is 1.38 bits per heavy atom. The first kappa shape index (κ1) is 16.0. The SMILES string of the molecule is C#CC[C@H](Cl)CCCO[Si](C)(C)C(C)(C)C. The van der Waals surface area contributed by atoms with Crippen LogP contribution in [0, 0.1) is 12.3 Å². The second-order valence-electron chi connectivity index (χ2n) is 5.76. The fourth-order valence-corrected chi connectivity index (χ4v) is 2.41. The summed E-state index contributed by atoms with van der Waals surface area (Å²) in [5.74, 6) is 2.58. The van der Waals surface area contributed by atoms with Crippen molar-refractivity contribution in [2.75, 3.05) is 6.61 Å². The molecule has 0 bridgehead atoms. The highest BCUT2D eigenvalue weighted by Gasteiger charge is 2.36. The van der Waals surface area contributed by atoms with Crippen molar-refractivity contribution in [2.24, 2.45) is 0 Å². The maximum absolute atomic E-state index is 6.05. The minimum Gasteiger partial charge on any atom is -0.417 e. The van der Waals surface area contributed by atoms with Gasteiger partial charge in [0, 0.05) is 18.4 Å². The van der Waals surface area contributed by atoms with E-state index in [1.54, 1.807) is 0 Å². The van der Waals surface area contributed by atoms with E-state index >= 15 is 0 Å². The summed E-state index contributed by atoms with van der Waals surface area (Å²) < 4.78 is 6.05. The second-order valence-corrected chi connectivity index (χ2v) is 11.2. The average Bonchev–Trinajstić information content (AvgIpc) is 2.11. The number of terminal acetylenes is 1. The van der Waals surface area contributed by atoms with Gasteiger partial charge in [-0.25, -0.2) is 0 Å². The molecular weight excluding hydrogens is 236 g/mol. The largest absolute Gasteiger partial charge is 0.417 e. The van der Waals surface area contributed by atoms with Gasteiger partial charge in [0.25, 0.3) is 0 Å². The van der Waals surface area contributed by atoms with Crippen LogP contribution < -0.4 is 0 Å². The average molecular weight is 261 g/mol. The molecule has 0 aromatic rings. The molecule has 0 spiro atoms. The molecular formula is C13H25ClOSi. The number of alkyl halides is 1. The van der Waals surface area contributed by atoms with Gasteiger partial charge < -0.3 is 4.43 Å². The lowest BCUT2D eigenvalue weighted by Crippen LogP contribution is -2.41. The fraction of sp³-hybridized carbons (Fsp3) is 0.846. The summed E-state index contributed by atoms with van der Waals surface area (Å²) in [5.41, 5.74) is 0. The molecule has 1 atom stereocenters. The molecule has 0 aromatic carbocycles. The molecule has 0 amide bonds. The highest BCUT2D eigenvalue weighted by molar-refractivity contribution is 6.74. The lowest BCUT2D eigenvalue weighted by molar-refractivity contribution is 0.278. The zero-order valence-corrected chi connectivity index (χ0v) is 13.0. The van der Waals surface area contributed by atoms with Crippen molar-refractivity contribution in [3.05, 3.63) is 0 Å². The Bertz CT molecular complexity index is 237. The van der Waals surface area contributed by atoms with Crippen LogP contribution in [0.25, 0.3) is 0 Å². The Morgan fingerprint density at radius 3 is 2.38 bits per heavy atom. The van der Waals surface area contributed by atoms with Crippen LogP contribution in [0.3, 0.4) is 0 Å². The molecule has 0 rings (SSSR count). The molecule has 0 aliphatic rings. The van der Waals surface area contributed by atoms with Gasteiger partial charge in [-0.15, -0.1) is 23.9 Å². The number of hydrogen-bond acceptors (Lipinski definition) is 1. The predicted molar refractivity (Wildman–Crippen MR) is 75.5 cm³/mol. The highest BCUT2D eigenvalue weighted by atomic mass is 35.5. The number of halogens is 1. The molecule has 0 saturated heterocycles. The predicted octanol–water partition coefficient (Wildman–Crippen LogP) is 4.42. The van der Waals surface area contributed by atoms with E-state index in [1.165, 1.54) is 0 Å². The van der Waals surface area contributed by atoms with Gasteiger partial charge in [-0.1, -0.05) is 20.8 Å². The van der Waals surface area contributed by atoms with Crippen molar-refractivity contribution >= 4 is 19.9 Å². The van der Waals surface area contributed by atoms with Crippen molar-refractivity contribution in [3.63, 3.8) is 0 Å². The summed E-state index contributed by atoms with van der Waals surface area (Å²) in [6, 6.07) is 0. The van der Waals surface area contributed by atoms with E-state index in [9.17, 15) is 0 Å². The molecule has 0 fully saturated rings. The van der Waals surface area contributed by atoms with Gasteiger partial charge in [0.15, 0.2) is 8.32 Å². The minimum atomic E-state index is -1.58. The molecule has 0 unspecified atom stereocenters. The van der Waals surface area contributed by atoms with Crippen LogP contribution in [0.15, 0.2) is 0 Å². The molecule has 3 heteroatoms. The molecule has 0 aromatic heterocycles. The zero-order valence-electron chi connectivity index (χ0n) is 11.3. The summed E-state index contributed by atoms with van der Waals surface area (Å²) >= 11 is 6.03. The summed E-state index contributed by atoms with van der Waals surface area (Å²) in [4.78, 5) is 0. The Hall–Kier alpha value is 0.0269. The molecule has 0 N–H and O–H groups in total. The van der Waals surface area contributed by atoms with E-state index in [1.807, 2.05) is 0 Å². The summed E-state index contributed by atoms with van der Waals surface area (Å²) in [7, 11) is -1.58. The molecule has 0 radical (unpaired) electrons. The molecule has 94 valence electrons. The van der Waals surface area contributed by atoms with Crippen molar-refractivity contribution in [3.8, 4) is 12.3 Å². The van der Waals surface area contributed by atoms with Gasteiger partial charge in [0.05, 0.1) is 0 Å². The van der Waals surface area contributed by atoms with Crippen molar-refractivity contribution < 1.29 is 4.43 Å². The minimum absolute atomic E-state index is 0.105. The second kappa shape index (κ2) is 6.69. The standard InChI is InChI=1S/C13H25ClOSi/c1-7-9-12(14)10-8-11-15-16(5,6)13(2,3)4/h1,12H,8-11H2,2-6H3/t12-/m0/s1. The first-order valence-electron chi connectivity index (χ1n) is 5.92. The maximum Gasteiger partial charge on any atom is 0.191 e. The van der Waals surface area contributed by atoms with Gasteiger partial charge in [0.1, 0.15) is 0 Å². The Balaban J connectivity index is 3.79. The molecule has 0 aliphatic heterocycles. The number of hydrogen-bond donors (Lipinski definition) is 0. The quantitative estimate of drug-likeness (QED) is 0.297. The van der Waals surface area contributed by atoms with E-state index in [4.69, 9.17) is 22.5 Å². The summed E-state index contributed by atoms with van der Waals surface area (Å²) in [6.45, 7) is 12.1. The summed E-state index contributed by atoms with van der Waals surface area (Å²) in [6.07, 6.45) is 7.80. The van der Waals surface area contributed by atoms with Crippen LogP contribution in [-0.4, -0.2) is 20.3 Å². The monoisotopic (exact) mass is 260 g/mol. The van der Waals surface area contributed by atoms with Crippen LogP contribution in [0.5, 0.6) is 0 Å². The zero-order chi connectivity index (χ0) is 12.8. The summed E-state index contributed by atoms with van der Waals surface area (Å²) in [5, 5.41) is 0.389. The molecule has 1 nitrogen and oxygen atoms in total. The van der Waals surface area contributed by atoms with Gasteiger partial charge in [-0.3, -0.25) is 0 Å². The van der Waals surface area contributed by atoms with Crippen molar-refractivity contribution in [1.29, 1.82) is 0 Å². The molecule has 16 heavy (non-hydrogen) atoms. The topological polar surface area (TPSA) is 9.23 Å². The first-order valence-corrected chi connectivity index (χ1v) is 9.26. The van der Waals surface area contributed by atoms with Crippen molar-refractivity contribution in [2.45, 2.75) is 63.5 Å². The Kier molecular flexibility index (Phi) is 6.70. The van der Waals surface area contributed by atoms with Gasteiger partial charge >= 0.3 is 0 Å². The van der Waals surface area contributed by atoms with Gasteiger partial charge in [-0.2, -0.15) is 0 Å². The number of rotatable bonds is 6. The van der Waals surface area contributed by atoms with E-state index < -0.39 is 8.32 Å². The van der Waals surface area contributed by atoms with E-state index in [-0.39, 0.29) is 10.4 Å². The van der Waals surface area contributed by atoms with Crippen LogP contribution in [0.1, 0.15) is 40.0 Å². The third-order valence-electron chi connectivity index (χ3n) is 3.27. The van der Waals surface area contributed by atoms with Gasteiger partial charge in [-0.05, 0) is 31.0 Å². The fourth-order valence-electron chi connectivity index (χ4n) is 1.08. The van der Waals surface area contributed by atoms with Crippen LogP contribution >= 0.6 is 11.6 Å². The highest BCUT2D eigenvalue weighted by Crippen LogP contribution is 2.36. The smallest absolute Gasteiger partial charge is 0.191 e. The third kappa shape index (κ3) is 5.93. The molecule has 0 saturated carbocycles. The maximum atomic E-state index is 6.05. The normalized spacial score (nSPS) is 14.6. The van der Waals surface area contributed by atoms with Crippen LogP contribution in [0.2, 0.25) is 18.1 Å². The first-order chi connectivity index (χ1) is 7.20. The lowest BCUT2D eigenvalue weighted by atomic mass is 10.2. The Labute approximate surface area is 107 Å². The lowest BCUT2D eigenvalue weighted by Gasteiger charge is -2.36. The van der Waals surface area contributed by atoms with E-state index in [2.05, 4.69) is 39.8 Å². The van der Waals surface area contributed by atoms with E-state index in [0.717, 1.165) is 19.4 Å². The van der Waals surface area contributed by atoms with Crippen molar-refractivity contribution in [1.82, 2.24) is 0 Å². The Morgan fingerprint density at radius 2 is 1.94 bits per heavy atom. The molecule has 0 heterocycles.